The zero-order chi connectivity index (χ0) is 13.2. The molecule has 0 unspecified atom stereocenters. The number of fused-ring (bicyclic) bond motifs is 1. The summed E-state index contributed by atoms with van der Waals surface area (Å²) in [5, 5.41) is 14.6. The first-order valence-corrected chi connectivity index (χ1v) is 5.92. The molecule has 1 aromatic carbocycles. The van der Waals surface area contributed by atoms with Gasteiger partial charge >= 0.3 is 0 Å². The zero-order valence-corrected chi connectivity index (χ0v) is 10.5. The molecule has 0 radical (unpaired) electrons. The predicted octanol–water partition coefficient (Wildman–Crippen LogP) is 3.13. The van der Waals surface area contributed by atoms with Gasteiger partial charge in [0.15, 0.2) is 0 Å². The molecule has 0 aliphatic heterocycles. The maximum atomic E-state index is 9.47. The van der Waals surface area contributed by atoms with Crippen LogP contribution in [0.5, 0.6) is 5.75 Å². The average molecular weight is 273 g/mol. The van der Waals surface area contributed by atoms with Crippen LogP contribution in [0.25, 0.3) is 10.8 Å². The Kier molecular flexibility index (Phi) is 2.89. The minimum Gasteiger partial charge on any atom is -0.508 e. The van der Waals surface area contributed by atoms with Crippen LogP contribution in [-0.4, -0.2) is 20.1 Å². The Balaban J connectivity index is 2.03. The molecule has 2 N–H and O–H groups in total. The third-order valence-corrected chi connectivity index (χ3v) is 2.83. The van der Waals surface area contributed by atoms with Gasteiger partial charge in [-0.05, 0) is 41.3 Å². The van der Waals surface area contributed by atoms with Crippen molar-refractivity contribution in [2.24, 2.45) is 0 Å². The number of pyridine rings is 1. The molecular weight excluding hydrogens is 264 g/mol. The van der Waals surface area contributed by atoms with Gasteiger partial charge in [0.05, 0.1) is 18.1 Å². The Morgan fingerprint density at radius 3 is 2.63 bits per heavy atom. The number of halogens is 1. The monoisotopic (exact) mass is 272 g/mol. The van der Waals surface area contributed by atoms with Crippen LogP contribution in [0.15, 0.2) is 42.9 Å². The van der Waals surface area contributed by atoms with Gasteiger partial charge in [-0.1, -0.05) is 0 Å². The predicted molar refractivity (Wildman–Crippen MR) is 73.7 cm³/mol. The number of aromatic nitrogens is 3. The lowest BCUT2D eigenvalue weighted by Gasteiger charge is -2.08. The summed E-state index contributed by atoms with van der Waals surface area (Å²) >= 11 is 5.63. The van der Waals surface area contributed by atoms with Crippen molar-refractivity contribution < 1.29 is 5.11 Å². The Morgan fingerprint density at radius 2 is 1.84 bits per heavy atom. The summed E-state index contributed by atoms with van der Waals surface area (Å²) in [5.74, 6) is 0.892. The van der Waals surface area contributed by atoms with E-state index < -0.39 is 0 Å². The molecule has 0 bridgehead atoms. The van der Waals surface area contributed by atoms with Gasteiger partial charge in [-0.25, -0.2) is 15.0 Å². The second kappa shape index (κ2) is 4.70. The van der Waals surface area contributed by atoms with Gasteiger partial charge in [-0.2, -0.15) is 0 Å². The van der Waals surface area contributed by atoms with E-state index in [1.54, 1.807) is 36.8 Å². The zero-order valence-electron chi connectivity index (χ0n) is 9.71. The molecule has 0 aliphatic carbocycles. The van der Waals surface area contributed by atoms with Gasteiger partial charge in [0.1, 0.15) is 11.6 Å². The van der Waals surface area contributed by atoms with E-state index in [1.807, 2.05) is 6.07 Å². The third-order valence-electron chi connectivity index (χ3n) is 2.63. The summed E-state index contributed by atoms with van der Waals surface area (Å²) in [6, 6.07) is 6.93. The molecule has 0 saturated carbocycles. The summed E-state index contributed by atoms with van der Waals surface area (Å²) in [4.78, 5) is 12.1. The molecular formula is C13H9ClN4O. The van der Waals surface area contributed by atoms with Crippen LogP contribution < -0.4 is 5.32 Å². The standard InChI is InChI=1S/C13H9ClN4O/c14-13-16-6-9(7-17-13)18-12-11-2-1-10(19)5-8(11)3-4-15-12/h1-7,19H,(H,15,18). The van der Waals surface area contributed by atoms with Gasteiger partial charge in [0.25, 0.3) is 0 Å². The molecule has 2 aromatic heterocycles. The lowest BCUT2D eigenvalue weighted by Crippen LogP contribution is -1.96. The van der Waals surface area contributed by atoms with Gasteiger partial charge in [-0.15, -0.1) is 0 Å². The van der Waals surface area contributed by atoms with Crippen molar-refractivity contribution in [2.75, 3.05) is 5.32 Å². The smallest absolute Gasteiger partial charge is 0.222 e. The summed E-state index contributed by atoms with van der Waals surface area (Å²) in [5.41, 5.74) is 0.692. The van der Waals surface area contributed by atoms with E-state index >= 15 is 0 Å². The van der Waals surface area contributed by atoms with Crippen molar-refractivity contribution >= 4 is 33.9 Å². The number of aromatic hydroxyl groups is 1. The molecule has 0 aliphatic rings. The minimum absolute atomic E-state index is 0.196. The lowest BCUT2D eigenvalue weighted by atomic mass is 10.1. The molecule has 5 nitrogen and oxygen atoms in total. The second-order valence-electron chi connectivity index (χ2n) is 3.93. The molecule has 0 spiro atoms. The van der Waals surface area contributed by atoms with E-state index in [2.05, 4.69) is 20.3 Å². The lowest BCUT2D eigenvalue weighted by molar-refractivity contribution is 0.476. The Morgan fingerprint density at radius 1 is 1.05 bits per heavy atom. The Hall–Kier alpha value is -2.40. The molecule has 0 fully saturated rings. The van der Waals surface area contributed by atoms with Gasteiger partial charge < -0.3 is 10.4 Å². The molecule has 3 aromatic rings. The molecule has 19 heavy (non-hydrogen) atoms. The first kappa shape index (κ1) is 11.7. The molecule has 3 rings (SSSR count). The average Bonchev–Trinajstić information content (AvgIpc) is 2.41. The number of hydrogen-bond donors (Lipinski definition) is 2. The number of phenolic OH excluding ortho intramolecular Hbond substituents is 1. The number of nitrogens with zero attached hydrogens (tertiary/aromatic N) is 3. The fourth-order valence-electron chi connectivity index (χ4n) is 1.78. The van der Waals surface area contributed by atoms with Crippen LogP contribution in [-0.2, 0) is 0 Å². The number of rotatable bonds is 2. The van der Waals surface area contributed by atoms with E-state index in [9.17, 15) is 5.11 Å². The molecule has 94 valence electrons. The van der Waals surface area contributed by atoms with E-state index in [-0.39, 0.29) is 11.0 Å². The van der Waals surface area contributed by atoms with Gasteiger partial charge in [0.2, 0.25) is 5.28 Å². The largest absolute Gasteiger partial charge is 0.508 e. The highest BCUT2D eigenvalue weighted by molar-refractivity contribution is 6.28. The van der Waals surface area contributed by atoms with E-state index in [0.29, 0.717) is 11.5 Å². The van der Waals surface area contributed by atoms with E-state index in [0.717, 1.165) is 10.8 Å². The maximum Gasteiger partial charge on any atom is 0.222 e. The molecule has 0 amide bonds. The van der Waals surface area contributed by atoms with Crippen LogP contribution in [0, 0.1) is 0 Å². The highest BCUT2D eigenvalue weighted by Gasteiger charge is 2.04. The first-order valence-electron chi connectivity index (χ1n) is 5.55. The number of nitrogens with one attached hydrogen (secondary N) is 1. The Bertz CT molecular complexity index is 730. The fourth-order valence-corrected chi connectivity index (χ4v) is 1.88. The van der Waals surface area contributed by atoms with Crippen LogP contribution in [0.2, 0.25) is 5.28 Å². The maximum absolute atomic E-state index is 9.47. The van der Waals surface area contributed by atoms with Crippen molar-refractivity contribution in [1.82, 2.24) is 15.0 Å². The first-order chi connectivity index (χ1) is 9.22. The van der Waals surface area contributed by atoms with Crippen molar-refractivity contribution in [2.45, 2.75) is 0 Å². The van der Waals surface area contributed by atoms with E-state index in [4.69, 9.17) is 11.6 Å². The van der Waals surface area contributed by atoms with Crippen molar-refractivity contribution in [1.29, 1.82) is 0 Å². The molecule has 0 saturated heterocycles. The quantitative estimate of drug-likeness (QED) is 0.701. The van der Waals surface area contributed by atoms with Crippen molar-refractivity contribution in [3.63, 3.8) is 0 Å². The van der Waals surface area contributed by atoms with Crippen LogP contribution in [0.4, 0.5) is 11.5 Å². The Labute approximate surface area is 113 Å². The van der Waals surface area contributed by atoms with Gasteiger partial charge in [0, 0.05) is 11.6 Å². The SMILES string of the molecule is Oc1ccc2c(Nc3cnc(Cl)nc3)nccc2c1. The van der Waals surface area contributed by atoms with Crippen molar-refractivity contribution in [3.8, 4) is 5.75 Å². The van der Waals surface area contributed by atoms with E-state index in [1.165, 1.54) is 0 Å². The van der Waals surface area contributed by atoms with Crippen molar-refractivity contribution in [3.05, 3.63) is 48.1 Å². The van der Waals surface area contributed by atoms with Crippen LogP contribution in [0.3, 0.4) is 0 Å². The normalized spacial score (nSPS) is 10.6. The molecule has 0 atom stereocenters. The summed E-state index contributed by atoms with van der Waals surface area (Å²) in [6.07, 6.45) is 4.83. The number of benzene rings is 1. The topological polar surface area (TPSA) is 70.9 Å². The highest BCUT2D eigenvalue weighted by Crippen LogP contribution is 2.26. The number of phenols is 1. The summed E-state index contributed by atoms with van der Waals surface area (Å²) in [7, 11) is 0. The fraction of sp³-hybridized carbons (Fsp3) is 0. The minimum atomic E-state index is 0.196. The number of hydrogen-bond acceptors (Lipinski definition) is 5. The highest BCUT2D eigenvalue weighted by atomic mass is 35.5. The third kappa shape index (κ3) is 2.41. The summed E-state index contributed by atoms with van der Waals surface area (Å²) < 4.78 is 0. The summed E-state index contributed by atoms with van der Waals surface area (Å²) in [6.45, 7) is 0. The van der Waals surface area contributed by atoms with Gasteiger partial charge in [-0.3, -0.25) is 0 Å². The second-order valence-corrected chi connectivity index (χ2v) is 4.27. The number of anilines is 2. The molecule has 2 heterocycles. The van der Waals surface area contributed by atoms with Crippen LogP contribution in [0.1, 0.15) is 0 Å². The molecule has 6 heteroatoms. The van der Waals surface area contributed by atoms with Crippen LogP contribution >= 0.6 is 11.6 Å².